The molecule has 2 atom stereocenters. The zero-order valence-electron chi connectivity index (χ0n) is 16.8. The molecule has 0 saturated carbocycles. The number of morpholine rings is 1. The third kappa shape index (κ3) is 6.93. The number of likely N-dealkylation sites (N-methyl/N-ethyl adjacent to an activating group) is 1. The molecule has 0 radical (unpaired) electrons. The fourth-order valence-corrected chi connectivity index (χ4v) is 3.72. The predicted octanol–water partition coefficient (Wildman–Crippen LogP) is 3.10. The molecule has 2 aliphatic heterocycles. The largest absolute Gasteiger partial charge is 0.492 e. The Morgan fingerprint density at radius 3 is 2.93 bits per heavy atom. The normalized spacial score (nSPS) is 22.3. The number of rotatable bonds is 7. The van der Waals surface area contributed by atoms with Crippen molar-refractivity contribution < 1.29 is 9.47 Å². The van der Waals surface area contributed by atoms with E-state index in [1.165, 1.54) is 19.4 Å². The highest BCUT2D eigenvalue weighted by atomic mass is 127. The van der Waals surface area contributed by atoms with Gasteiger partial charge in [0.1, 0.15) is 12.4 Å². The number of ether oxygens (including phenoxy) is 2. The Hall–Kier alpha value is -0.770. The molecule has 0 aliphatic carbocycles. The van der Waals surface area contributed by atoms with Crippen LogP contribution in [0.1, 0.15) is 19.8 Å². The van der Waals surface area contributed by atoms with Gasteiger partial charge in [-0.1, -0.05) is 11.6 Å². The first-order chi connectivity index (χ1) is 13.2. The minimum absolute atomic E-state index is 0. The molecule has 1 N–H and O–H groups in total. The molecule has 2 aliphatic rings. The van der Waals surface area contributed by atoms with Crippen molar-refractivity contribution in [3.63, 3.8) is 0 Å². The van der Waals surface area contributed by atoms with Crippen molar-refractivity contribution in [1.29, 1.82) is 0 Å². The first kappa shape index (κ1) is 23.5. The van der Waals surface area contributed by atoms with Gasteiger partial charge in [-0.05, 0) is 50.6 Å². The maximum Gasteiger partial charge on any atom is 0.193 e. The van der Waals surface area contributed by atoms with E-state index in [-0.39, 0.29) is 30.1 Å². The number of nitrogens with zero attached hydrogens (tertiary/aromatic N) is 3. The summed E-state index contributed by atoms with van der Waals surface area (Å²) in [6.45, 7) is 7.98. The van der Waals surface area contributed by atoms with Gasteiger partial charge in [-0.3, -0.25) is 9.89 Å². The van der Waals surface area contributed by atoms with Crippen LogP contribution in [-0.2, 0) is 4.74 Å². The maximum atomic E-state index is 6.02. The van der Waals surface area contributed by atoms with E-state index in [1.54, 1.807) is 0 Å². The van der Waals surface area contributed by atoms with Crippen LogP contribution in [0.25, 0.3) is 0 Å². The van der Waals surface area contributed by atoms with Crippen LogP contribution in [0.2, 0.25) is 5.02 Å². The highest BCUT2D eigenvalue weighted by Gasteiger charge is 2.32. The minimum atomic E-state index is 0. The first-order valence-corrected chi connectivity index (χ1v) is 10.3. The van der Waals surface area contributed by atoms with Crippen LogP contribution in [0.15, 0.2) is 29.3 Å². The number of hydrogen-bond donors (Lipinski definition) is 1. The summed E-state index contributed by atoms with van der Waals surface area (Å²) in [6.07, 6.45) is 2.75. The fraction of sp³-hybridized carbons (Fsp3) is 0.650. The molecule has 0 bridgehead atoms. The van der Waals surface area contributed by atoms with Gasteiger partial charge in [0.05, 0.1) is 25.8 Å². The number of hydrogen-bond acceptors (Lipinski definition) is 4. The molecule has 0 amide bonds. The Labute approximate surface area is 190 Å². The van der Waals surface area contributed by atoms with E-state index >= 15 is 0 Å². The first-order valence-electron chi connectivity index (χ1n) is 9.89. The van der Waals surface area contributed by atoms with Crippen molar-refractivity contribution in [3.8, 4) is 5.75 Å². The molecule has 3 rings (SSSR count). The van der Waals surface area contributed by atoms with Gasteiger partial charge in [-0.15, -0.1) is 24.0 Å². The molecular weight excluding hydrogens is 491 g/mol. The van der Waals surface area contributed by atoms with E-state index < -0.39 is 0 Å². The molecule has 1 aromatic carbocycles. The molecule has 6 nitrogen and oxygen atoms in total. The topological polar surface area (TPSA) is 49.3 Å². The number of benzene rings is 1. The molecular formula is C20H32ClIN4O2. The highest BCUT2D eigenvalue weighted by molar-refractivity contribution is 14.0. The molecule has 2 fully saturated rings. The zero-order chi connectivity index (χ0) is 19.1. The van der Waals surface area contributed by atoms with Gasteiger partial charge in [0.25, 0.3) is 0 Å². The lowest BCUT2D eigenvalue weighted by molar-refractivity contribution is -0.0432. The maximum absolute atomic E-state index is 6.02. The molecule has 2 heterocycles. The lowest BCUT2D eigenvalue weighted by Gasteiger charge is -2.34. The van der Waals surface area contributed by atoms with Gasteiger partial charge < -0.3 is 19.7 Å². The summed E-state index contributed by atoms with van der Waals surface area (Å²) in [6, 6.07) is 8.07. The highest BCUT2D eigenvalue weighted by Crippen LogP contribution is 2.22. The quantitative estimate of drug-likeness (QED) is 0.339. The Morgan fingerprint density at radius 2 is 2.18 bits per heavy atom. The van der Waals surface area contributed by atoms with E-state index in [9.17, 15) is 0 Å². The van der Waals surface area contributed by atoms with Crippen LogP contribution in [0.4, 0.5) is 0 Å². The van der Waals surface area contributed by atoms with Gasteiger partial charge in [0.2, 0.25) is 0 Å². The summed E-state index contributed by atoms with van der Waals surface area (Å²) in [5.41, 5.74) is 0. The summed E-state index contributed by atoms with van der Waals surface area (Å²) in [5, 5.41) is 4.07. The van der Waals surface area contributed by atoms with Crippen molar-refractivity contribution in [2.24, 2.45) is 4.99 Å². The fourth-order valence-electron chi connectivity index (χ4n) is 3.59. The SMILES string of the molecule is CCNC(=NCC1CN2CCCC2CO1)N(C)CCOc1ccc(Cl)cc1.I. The molecule has 8 heteroatoms. The Balaban J connectivity index is 0.00000280. The Kier molecular flexibility index (Phi) is 10.1. The number of fused-ring (bicyclic) bond motifs is 1. The third-order valence-corrected chi connectivity index (χ3v) is 5.36. The summed E-state index contributed by atoms with van der Waals surface area (Å²) >= 11 is 5.90. The standard InChI is InChI=1S/C20H31ClN4O2.HI/c1-3-22-20(23-13-19-14-25-10-4-5-17(25)15-27-19)24(2)11-12-26-18-8-6-16(21)7-9-18;/h6-9,17,19H,3-5,10-15H2,1-2H3,(H,22,23);1H. The van der Waals surface area contributed by atoms with Crippen molar-refractivity contribution in [1.82, 2.24) is 15.1 Å². The zero-order valence-corrected chi connectivity index (χ0v) is 19.9. The van der Waals surface area contributed by atoms with Crippen LogP contribution in [0.3, 0.4) is 0 Å². The Morgan fingerprint density at radius 1 is 1.39 bits per heavy atom. The van der Waals surface area contributed by atoms with Gasteiger partial charge in [0, 0.05) is 31.2 Å². The second-order valence-electron chi connectivity index (χ2n) is 7.16. The Bertz CT molecular complexity index is 617. The van der Waals surface area contributed by atoms with Crippen molar-refractivity contribution >= 4 is 41.5 Å². The number of aliphatic imine (C=N–C) groups is 1. The summed E-state index contributed by atoms with van der Waals surface area (Å²) in [5.74, 6) is 1.72. The van der Waals surface area contributed by atoms with Crippen molar-refractivity contribution in [2.75, 3.05) is 53.0 Å². The number of guanidine groups is 1. The van der Waals surface area contributed by atoms with E-state index in [1.807, 2.05) is 31.3 Å². The average Bonchev–Trinajstić information content (AvgIpc) is 3.14. The lowest BCUT2D eigenvalue weighted by atomic mass is 10.2. The van der Waals surface area contributed by atoms with E-state index in [4.69, 9.17) is 26.1 Å². The lowest BCUT2D eigenvalue weighted by Crippen LogP contribution is -2.48. The van der Waals surface area contributed by atoms with Crippen molar-refractivity contribution in [2.45, 2.75) is 31.9 Å². The van der Waals surface area contributed by atoms with Crippen LogP contribution in [0, 0.1) is 0 Å². The van der Waals surface area contributed by atoms with Crippen LogP contribution in [-0.4, -0.2) is 80.9 Å². The second-order valence-corrected chi connectivity index (χ2v) is 7.60. The molecule has 0 aromatic heterocycles. The summed E-state index contributed by atoms with van der Waals surface area (Å²) in [7, 11) is 2.03. The summed E-state index contributed by atoms with van der Waals surface area (Å²) in [4.78, 5) is 9.45. The van der Waals surface area contributed by atoms with Crippen LogP contribution >= 0.6 is 35.6 Å². The van der Waals surface area contributed by atoms with Gasteiger partial charge in [0.15, 0.2) is 5.96 Å². The molecule has 0 spiro atoms. The summed E-state index contributed by atoms with van der Waals surface area (Å²) < 4.78 is 11.8. The van der Waals surface area contributed by atoms with Gasteiger partial charge in [-0.2, -0.15) is 0 Å². The molecule has 158 valence electrons. The molecule has 2 saturated heterocycles. The monoisotopic (exact) mass is 522 g/mol. The third-order valence-electron chi connectivity index (χ3n) is 5.11. The second kappa shape index (κ2) is 12.0. The van der Waals surface area contributed by atoms with Crippen molar-refractivity contribution in [3.05, 3.63) is 29.3 Å². The molecule has 1 aromatic rings. The van der Waals surface area contributed by atoms with Crippen LogP contribution in [0.5, 0.6) is 5.75 Å². The molecule has 2 unspecified atom stereocenters. The smallest absolute Gasteiger partial charge is 0.193 e. The van der Waals surface area contributed by atoms with E-state index in [0.717, 1.165) is 38.0 Å². The van der Waals surface area contributed by atoms with Crippen LogP contribution < -0.4 is 10.1 Å². The van der Waals surface area contributed by atoms with Gasteiger partial charge >= 0.3 is 0 Å². The average molecular weight is 523 g/mol. The van der Waals surface area contributed by atoms with E-state index in [0.29, 0.717) is 24.2 Å². The van der Waals surface area contributed by atoms with E-state index in [2.05, 4.69) is 22.0 Å². The minimum Gasteiger partial charge on any atom is -0.492 e. The number of halogens is 2. The molecule has 28 heavy (non-hydrogen) atoms. The van der Waals surface area contributed by atoms with Gasteiger partial charge in [-0.25, -0.2) is 0 Å². The number of nitrogens with one attached hydrogen (secondary N) is 1. The predicted molar refractivity (Wildman–Crippen MR) is 125 cm³/mol.